The van der Waals surface area contributed by atoms with E-state index in [2.05, 4.69) is 12.6 Å². The van der Waals surface area contributed by atoms with E-state index >= 15 is 0 Å². The Hall–Kier alpha value is -0.230. The van der Waals surface area contributed by atoms with Gasteiger partial charge in [0.25, 0.3) is 0 Å². The predicted molar refractivity (Wildman–Crippen MR) is 53.1 cm³/mol. The third-order valence-electron chi connectivity index (χ3n) is 1.99. The Labute approximate surface area is 83.8 Å². The molecule has 1 aliphatic rings. The van der Waals surface area contributed by atoms with Crippen LogP contribution in [0.5, 0.6) is 0 Å². The Morgan fingerprint density at radius 2 is 2.08 bits per heavy atom. The Bertz CT molecular complexity index is 321. The minimum Gasteiger partial charge on any atom is -0.273 e. The Balaban J connectivity index is 3.03. The molecule has 1 aliphatic heterocycles. The lowest BCUT2D eigenvalue weighted by Crippen LogP contribution is -2.34. The van der Waals surface area contributed by atoms with Crippen molar-refractivity contribution >= 4 is 28.6 Å². The number of amides is 1. The van der Waals surface area contributed by atoms with E-state index in [4.69, 9.17) is 0 Å². The van der Waals surface area contributed by atoms with Gasteiger partial charge in [0.2, 0.25) is 15.9 Å². The Morgan fingerprint density at radius 1 is 1.54 bits per heavy atom. The molecule has 0 atom stereocenters. The van der Waals surface area contributed by atoms with Crippen molar-refractivity contribution in [3.63, 3.8) is 0 Å². The molecule has 0 saturated carbocycles. The highest BCUT2D eigenvalue weighted by Crippen LogP contribution is 2.31. The number of nitrogens with zero attached hydrogens (tertiary/aromatic N) is 1. The van der Waals surface area contributed by atoms with Gasteiger partial charge in [0, 0.05) is 12.3 Å². The number of carbonyl (C=O) groups excluding carboxylic acids is 1. The summed E-state index contributed by atoms with van der Waals surface area (Å²) in [6.45, 7) is 3.46. The summed E-state index contributed by atoms with van der Waals surface area (Å²) in [5, 5.41) is 0. The number of rotatable bonds is 2. The molecule has 0 radical (unpaired) electrons. The lowest BCUT2D eigenvalue weighted by atomic mass is 9.96. The summed E-state index contributed by atoms with van der Waals surface area (Å²) < 4.78 is 23.8. The van der Waals surface area contributed by atoms with E-state index in [1.54, 1.807) is 13.8 Å². The average Bonchev–Trinajstić information content (AvgIpc) is 2.09. The molecule has 13 heavy (non-hydrogen) atoms. The summed E-state index contributed by atoms with van der Waals surface area (Å²) in [5.41, 5.74) is -0.776. The first kappa shape index (κ1) is 10.8. The van der Waals surface area contributed by atoms with Crippen LogP contribution in [0.15, 0.2) is 0 Å². The van der Waals surface area contributed by atoms with Crippen LogP contribution < -0.4 is 0 Å². The van der Waals surface area contributed by atoms with Crippen molar-refractivity contribution < 1.29 is 13.2 Å². The quantitative estimate of drug-likeness (QED) is 0.676. The molecule has 1 heterocycles. The van der Waals surface area contributed by atoms with E-state index in [1.807, 2.05) is 0 Å². The first-order chi connectivity index (χ1) is 5.81. The van der Waals surface area contributed by atoms with Crippen molar-refractivity contribution in [3.8, 4) is 0 Å². The van der Waals surface area contributed by atoms with Gasteiger partial charge < -0.3 is 0 Å². The highest BCUT2D eigenvalue weighted by molar-refractivity contribution is 7.90. The van der Waals surface area contributed by atoms with Gasteiger partial charge in [-0.05, 0) is 13.8 Å². The standard InChI is InChI=1S/C7H13NO3S2/c1-7(2)5-13(10,11)8(3-4-12)6(7)9/h12H,3-5H2,1-2H3. The normalized spacial score (nSPS) is 25.2. The van der Waals surface area contributed by atoms with Crippen LogP contribution in [0.3, 0.4) is 0 Å². The zero-order valence-electron chi connectivity index (χ0n) is 7.65. The summed E-state index contributed by atoms with van der Waals surface area (Å²) in [7, 11) is -3.37. The molecule has 1 rings (SSSR count). The molecule has 0 spiro atoms. The van der Waals surface area contributed by atoms with Gasteiger partial charge in [-0.1, -0.05) is 0 Å². The van der Waals surface area contributed by atoms with E-state index in [1.165, 1.54) is 0 Å². The van der Waals surface area contributed by atoms with E-state index in [-0.39, 0.29) is 18.2 Å². The molecule has 1 amide bonds. The molecule has 4 nitrogen and oxygen atoms in total. The van der Waals surface area contributed by atoms with Gasteiger partial charge in [0.15, 0.2) is 0 Å². The van der Waals surface area contributed by atoms with Gasteiger partial charge in [0.1, 0.15) is 0 Å². The minimum atomic E-state index is -3.37. The van der Waals surface area contributed by atoms with Crippen molar-refractivity contribution in [1.29, 1.82) is 0 Å². The molecule has 0 unspecified atom stereocenters. The monoisotopic (exact) mass is 223 g/mol. The molecule has 1 fully saturated rings. The highest BCUT2D eigenvalue weighted by Gasteiger charge is 2.48. The molecule has 0 aromatic heterocycles. The van der Waals surface area contributed by atoms with E-state index < -0.39 is 15.4 Å². The molecule has 0 aromatic rings. The summed E-state index contributed by atoms with van der Waals surface area (Å²) >= 11 is 3.91. The Kier molecular flexibility index (Phi) is 2.64. The van der Waals surface area contributed by atoms with Gasteiger partial charge in [-0.25, -0.2) is 12.7 Å². The molecule has 6 heteroatoms. The van der Waals surface area contributed by atoms with Crippen molar-refractivity contribution in [1.82, 2.24) is 4.31 Å². The molecule has 0 aliphatic carbocycles. The van der Waals surface area contributed by atoms with Crippen molar-refractivity contribution in [2.45, 2.75) is 13.8 Å². The second-order valence-corrected chi connectivity index (χ2v) is 6.08. The third-order valence-corrected chi connectivity index (χ3v) is 4.29. The average molecular weight is 223 g/mol. The number of thiol groups is 1. The molecule has 0 aromatic carbocycles. The van der Waals surface area contributed by atoms with Crippen LogP contribution >= 0.6 is 12.6 Å². The first-order valence-corrected chi connectivity index (χ1v) is 6.21. The van der Waals surface area contributed by atoms with Gasteiger partial charge in [-0.2, -0.15) is 12.6 Å². The SMILES string of the molecule is CC1(C)CS(=O)(=O)N(CCS)C1=O. The predicted octanol–water partition coefficient (Wildman–Crippen LogP) is 0.114. The number of hydrogen-bond donors (Lipinski definition) is 1. The maximum atomic E-state index is 11.5. The van der Waals surface area contributed by atoms with Crippen LogP contribution in [0.1, 0.15) is 13.8 Å². The van der Waals surface area contributed by atoms with Gasteiger partial charge in [-0.3, -0.25) is 4.79 Å². The van der Waals surface area contributed by atoms with Gasteiger partial charge in [0.05, 0.1) is 11.2 Å². The topological polar surface area (TPSA) is 54.5 Å². The summed E-state index contributed by atoms with van der Waals surface area (Å²) in [6.07, 6.45) is 0. The summed E-state index contributed by atoms with van der Waals surface area (Å²) in [6, 6.07) is 0. The molecule has 1 saturated heterocycles. The first-order valence-electron chi connectivity index (χ1n) is 3.97. The summed E-state index contributed by atoms with van der Waals surface area (Å²) in [4.78, 5) is 11.5. The fourth-order valence-electron chi connectivity index (χ4n) is 1.39. The van der Waals surface area contributed by atoms with Crippen LogP contribution in [-0.2, 0) is 14.8 Å². The second kappa shape index (κ2) is 3.16. The Morgan fingerprint density at radius 3 is 2.38 bits per heavy atom. The van der Waals surface area contributed by atoms with Crippen LogP contribution in [-0.4, -0.2) is 36.7 Å². The fourth-order valence-corrected chi connectivity index (χ4v) is 3.79. The van der Waals surface area contributed by atoms with Crippen molar-refractivity contribution in [2.75, 3.05) is 18.1 Å². The molecule has 0 bridgehead atoms. The maximum absolute atomic E-state index is 11.5. The van der Waals surface area contributed by atoms with Crippen molar-refractivity contribution in [2.24, 2.45) is 5.41 Å². The highest BCUT2D eigenvalue weighted by atomic mass is 32.2. The van der Waals surface area contributed by atoms with Crippen molar-refractivity contribution in [3.05, 3.63) is 0 Å². The smallest absolute Gasteiger partial charge is 0.242 e. The van der Waals surface area contributed by atoms with Crippen LogP contribution in [0, 0.1) is 5.41 Å². The van der Waals surface area contributed by atoms with Crippen LogP contribution in [0.25, 0.3) is 0 Å². The van der Waals surface area contributed by atoms with E-state index in [9.17, 15) is 13.2 Å². The van der Waals surface area contributed by atoms with Crippen LogP contribution in [0.4, 0.5) is 0 Å². The summed E-state index contributed by atoms with van der Waals surface area (Å²) in [5.74, 6) is -0.0465. The molecular weight excluding hydrogens is 210 g/mol. The molecule has 76 valence electrons. The zero-order valence-corrected chi connectivity index (χ0v) is 9.36. The third kappa shape index (κ3) is 1.83. The maximum Gasteiger partial charge on any atom is 0.242 e. The largest absolute Gasteiger partial charge is 0.273 e. The van der Waals surface area contributed by atoms with E-state index in [0.717, 1.165) is 4.31 Å². The molecule has 0 N–H and O–H groups in total. The lowest BCUT2D eigenvalue weighted by molar-refractivity contribution is -0.132. The van der Waals surface area contributed by atoms with Gasteiger partial charge >= 0.3 is 0 Å². The van der Waals surface area contributed by atoms with E-state index in [0.29, 0.717) is 5.75 Å². The fraction of sp³-hybridized carbons (Fsp3) is 0.857. The van der Waals surface area contributed by atoms with Crippen LogP contribution in [0.2, 0.25) is 0 Å². The van der Waals surface area contributed by atoms with Gasteiger partial charge in [-0.15, -0.1) is 0 Å². The number of carbonyl (C=O) groups is 1. The zero-order chi connectivity index (χ0) is 10.3. The lowest BCUT2D eigenvalue weighted by Gasteiger charge is -2.15. The minimum absolute atomic E-state index is 0.0907. The second-order valence-electron chi connectivity index (χ2n) is 3.74. The molecular formula is C7H13NO3S2. The number of sulfonamides is 1. The number of hydrogen-bond acceptors (Lipinski definition) is 4.